The van der Waals surface area contributed by atoms with Crippen LogP contribution >= 0.6 is 0 Å². The van der Waals surface area contributed by atoms with Crippen LogP contribution in [0.3, 0.4) is 0 Å². The first-order valence-electron chi connectivity index (χ1n) is 11.5. The highest BCUT2D eigenvalue weighted by Crippen LogP contribution is 2.25. The number of hydrogen-bond donors (Lipinski definition) is 2. The largest absolute Gasteiger partial charge is 0.491 e. The predicted octanol–water partition coefficient (Wildman–Crippen LogP) is 0.737. The molecule has 4 rings (SSSR count). The summed E-state index contributed by atoms with van der Waals surface area (Å²) >= 11 is 0. The van der Waals surface area contributed by atoms with Crippen molar-refractivity contribution in [1.82, 2.24) is 14.9 Å². The van der Waals surface area contributed by atoms with E-state index in [-0.39, 0.29) is 11.4 Å². The highest BCUT2D eigenvalue weighted by atomic mass is 16.5. The number of hydrogen-bond acceptors (Lipinski definition) is 10. The number of likely N-dealkylation sites (N-methyl/N-ethyl adjacent to an activating group) is 1. The Morgan fingerprint density at radius 1 is 0.938 bits per heavy atom. The fourth-order valence-electron chi connectivity index (χ4n) is 4.26. The van der Waals surface area contributed by atoms with Crippen LogP contribution in [0.4, 0.5) is 23.3 Å². The van der Waals surface area contributed by atoms with Gasteiger partial charge >= 0.3 is 0 Å². The van der Waals surface area contributed by atoms with Gasteiger partial charge in [-0.15, -0.1) is 0 Å². The summed E-state index contributed by atoms with van der Waals surface area (Å²) in [6.07, 6.45) is 4.82. The lowest BCUT2D eigenvalue weighted by atomic mass is 10.2. The number of ether oxygens (including phenoxy) is 1. The summed E-state index contributed by atoms with van der Waals surface area (Å²) in [7, 11) is 3.42. The third-order valence-electron chi connectivity index (χ3n) is 6.19. The first-order valence-corrected chi connectivity index (χ1v) is 11.5. The van der Waals surface area contributed by atoms with Crippen LogP contribution < -0.4 is 36.0 Å². The minimum atomic E-state index is -0.556. The number of nitrogens with one attached hydrogen (secondary N) is 2. The maximum absolute atomic E-state index is 11.6. The summed E-state index contributed by atoms with van der Waals surface area (Å²) in [5.74, 6) is 2.84. The van der Waals surface area contributed by atoms with Crippen molar-refractivity contribution in [2.75, 3.05) is 86.9 Å². The number of nitrogens with zero attached hydrogens (tertiary/aromatic N) is 5. The molecule has 2 aromatic rings. The van der Waals surface area contributed by atoms with Crippen LogP contribution in [-0.4, -0.2) is 81.4 Å². The van der Waals surface area contributed by atoms with Gasteiger partial charge in [0.2, 0.25) is 5.95 Å². The van der Waals surface area contributed by atoms with Gasteiger partial charge in [-0.3, -0.25) is 9.59 Å². The van der Waals surface area contributed by atoms with Crippen LogP contribution in [-0.2, 0) is 0 Å². The molecule has 2 aliphatic heterocycles. The first-order chi connectivity index (χ1) is 15.6. The van der Waals surface area contributed by atoms with Gasteiger partial charge in [-0.1, -0.05) is 0 Å². The highest BCUT2D eigenvalue weighted by Gasteiger charge is 2.22. The summed E-state index contributed by atoms with van der Waals surface area (Å²) in [5, 5.41) is 6.47. The second-order valence-corrected chi connectivity index (χ2v) is 8.52. The Bertz CT molecular complexity index is 942. The average molecular weight is 444 g/mol. The standard InChI is InChI=1S/C22H33N7O3/c1-27(14-8-24-18-19(30)20(31)21(18)32-2)13-7-23-16-15-17(28-9-3-4-10-28)26-22(25-16)29-11-5-6-12-29/h15,24H,3-14H2,1-2H3,(H,23,25,26). The number of methoxy groups -OCH3 is 1. The van der Waals surface area contributed by atoms with Gasteiger partial charge in [0.05, 0.1) is 7.11 Å². The smallest absolute Gasteiger partial charge is 0.271 e. The molecule has 0 atom stereocenters. The number of anilines is 4. The zero-order valence-electron chi connectivity index (χ0n) is 19.0. The molecular weight excluding hydrogens is 410 g/mol. The lowest BCUT2D eigenvalue weighted by Crippen LogP contribution is -2.37. The molecule has 0 radical (unpaired) electrons. The summed E-state index contributed by atoms with van der Waals surface area (Å²) in [5.41, 5.74) is -0.773. The summed E-state index contributed by atoms with van der Waals surface area (Å²) in [4.78, 5) is 39.4. The van der Waals surface area contributed by atoms with Gasteiger partial charge in [-0.25, -0.2) is 0 Å². The van der Waals surface area contributed by atoms with E-state index in [1.54, 1.807) is 0 Å². The van der Waals surface area contributed by atoms with Crippen molar-refractivity contribution in [3.63, 3.8) is 0 Å². The highest BCUT2D eigenvalue weighted by molar-refractivity contribution is 5.61. The van der Waals surface area contributed by atoms with Gasteiger partial charge in [-0.2, -0.15) is 9.97 Å². The fourth-order valence-corrected chi connectivity index (χ4v) is 4.26. The molecule has 32 heavy (non-hydrogen) atoms. The maximum Gasteiger partial charge on any atom is 0.271 e. The molecule has 1 aromatic heterocycles. The van der Waals surface area contributed by atoms with Gasteiger partial charge in [0, 0.05) is 58.4 Å². The maximum atomic E-state index is 11.6. The topological polar surface area (TPSA) is 103 Å². The lowest BCUT2D eigenvalue weighted by molar-refractivity contribution is 0.360. The van der Waals surface area contributed by atoms with Gasteiger partial charge < -0.3 is 30.1 Å². The molecule has 10 nitrogen and oxygen atoms in total. The molecule has 0 unspecified atom stereocenters. The van der Waals surface area contributed by atoms with Gasteiger partial charge in [0.1, 0.15) is 17.3 Å². The van der Waals surface area contributed by atoms with E-state index in [0.29, 0.717) is 6.54 Å². The molecule has 10 heteroatoms. The fraction of sp³-hybridized carbons (Fsp3) is 0.636. The van der Waals surface area contributed by atoms with Crippen LogP contribution in [0, 0.1) is 0 Å². The number of rotatable bonds is 11. The van der Waals surface area contributed by atoms with Crippen molar-refractivity contribution in [3.8, 4) is 5.75 Å². The zero-order chi connectivity index (χ0) is 22.5. The van der Waals surface area contributed by atoms with E-state index < -0.39 is 10.9 Å². The van der Waals surface area contributed by atoms with E-state index in [2.05, 4.69) is 31.4 Å². The van der Waals surface area contributed by atoms with E-state index in [1.807, 2.05) is 7.05 Å². The summed E-state index contributed by atoms with van der Waals surface area (Å²) in [6, 6.07) is 2.06. The molecule has 0 bridgehead atoms. The van der Waals surface area contributed by atoms with Crippen LogP contribution in [0.15, 0.2) is 15.7 Å². The Labute approximate surface area is 188 Å². The Balaban J connectivity index is 1.28. The second-order valence-electron chi connectivity index (χ2n) is 8.52. The molecule has 174 valence electrons. The normalized spacial score (nSPS) is 16.3. The third-order valence-corrected chi connectivity index (χ3v) is 6.19. The van der Waals surface area contributed by atoms with Crippen molar-refractivity contribution in [1.29, 1.82) is 0 Å². The molecule has 1 aromatic carbocycles. The third kappa shape index (κ3) is 4.95. The predicted molar refractivity (Wildman–Crippen MR) is 127 cm³/mol. The molecular formula is C22H33N7O3. The van der Waals surface area contributed by atoms with Gasteiger partial charge in [-0.05, 0) is 32.7 Å². The first kappa shape index (κ1) is 22.3. The van der Waals surface area contributed by atoms with E-state index in [4.69, 9.17) is 14.7 Å². The van der Waals surface area contributed by atoms with Crippen molar-refractivity contribution in [2.45, 2.75) is 25.7 Å². The van der Waals surface area contributed by atoms with Crippen molar-refractivity contribution in [2.24, 2.45) is 0 Å². The molecule has 2 saturated heterocycles. The molecule has 2 fully saturated rings. The van der Waals surface area contributed by atoms with Crippen molar-refractivity contribution < 1.29 is 4.74 Å². The summed E-state index contributed by atoms with van der Waals surface area (Å²) in [6.45, 7) is 7.00. The Morgan fingerprint density at radius 2 is 1.56 bits per heavy atom. The molecule has 0 saturated carbocycles. The molecule has 2 N–H and O–H groups in total. The molecule has 2 aliphatic rings. The minimum Gasteiger partial charge on any atom is -0.491 e. The minimum absolute atomic E-state index is 0.130. The van der Waals surface area contributed by atoms with E-state index in [9.17, 15) is 9.59 Å². The van der Waals surface area contributed by atoms with Crippen molar-refractivity contribution >= 4 is 23.3 Å². The van der Waals surface area contributed by atoms with Crippen LogP contribution in [0.25, 0.3) is 0 Å². The molecule has 0 amide bonds. The van der Waals surface area contributed by atoms with Crippen LogP contribution in [0.1, 0.15) is 25.7 Å². The number of aromatic nitrogens is 2. The summed E-state index contributed by atoms with van der Waals surface area (Å²) < 4.78 is 4.95. The second kappa shape index (κ2) is 10.2. The van der Waals surface area contributed by atoms with Gasteiger partial charge in [0.25, 0.3) is 10.9 Å². The quantitative estimate of drug-likeness (QED) is 0.483. The Hall–Kier alpha value is -2.88. The average Bonchev–Trinajstić information content (AvgIpc) is 3.52. The molecule has 0 spiro atoms. The zero-order valence-corrected chi connectivity index (χ0v) is 19.0. The van der Waals surface area contributed by atoms with E-state index in [0.717, 1.165) is 63.4 Å². The van der Waals surface area contributed by atoms with Crippen LogP contribution in [0.2, 0.25) is 0 Å². The van der Waals surface area contributed by atoms with Crippen molar-refractivity contribution in [3.05, 3.63) is 26.5 Å². The molecule has 3 heterocycles. The Morgan fingerprint density at radius 3 is 2.22 bits per heavy atom. The van der Waals surface area contributed by atoms with E-state index in [1.165, 1.54) is 32.8 Å². The van der Waals surface area contributed by atoms with E-state index >= 15 is 0 Å². The van der Waals surface area contributed by atoms with Crippen LogP contribution in [0.5, 0.6) is 5.75 Å². The SMILES string of the molecule is COc1c(NCCN(C)CCNc2cc(N3CCCC3)nc(N3CCCC3)n2)c(=O)c1=O. The monoisotopic (exact) mass is 443 g/mol. The lowest BCUT2D eigenvalue weighted by Gasteiger charge is -2.22. The Kier molecular flexibility index (Phi) is 7.09. The molecule has 0 aliphatic carbocycles. The van der Waals surface area contributed by atoms with Gasteiger partial charge in [0.15, 0.2) is 5.75 Å².